The minimum Gasteiger partial charge on any atom is -0.484 e. The molecule has 0 aliphatic rings. The van der Waals surface area contributed by atoms with Crippen molar-refractivity contribution in [3.05, 3.63) is 58.7 Å². The molecule has 0 unspecified atom stereocenters. The van der Waals surface area contributed by atoms with Crippen LogP contribution in [0.3, 0.4) is 0 Å². The third-order valence-corrected chi connectivity index (χ3v) is 3.86. The molecule has 0 fully saturated rings. The van der Waals surface area contributed by atoms with Crippen molar-refractivity contribution in [1.82, 2.24) is 4.90 Å². The molecule has 2 aromatic carbocycles. The molecule has 0 atom stereocenters. The molecule has 0 bridgehead atoms. The second kappa shape index (κ2) is 8.99. The van der Waals surface area contributed by atoms with Gasteiger partial charge >= 0.3 is 6.18 Å². The number of nitrogens with zero attached hydrogens (tertiary/aromatic N) is 1. The van der Waals surface area contributed by atoms with Crippen LogP contribution in [0.5, 0.6) is 5.75 Å². The number of amides is 1. The average Bonchev–Trinajstić information content (AvgIpc) is 2.52. The molecule has 27 heavy (non-hydrogen) atoms. The predicted octanol–water partition coefficient (Wildman–Crippen LogP) is 4.52. The van der Waals surface area contributed by atoms with Crippen molar-refractivity contribution < 1.29 is 22.7 Å². The molecule has 0 heterocycles. The lowest BCUT2D eigenvalue weighted by Crippen LogP contribution is -2.27. The maximum absolute atomic E-state index is 12.5. The van der Waals surface area contributed by atoms with Crippen molar-refractivity contribution in [2.24, 2.45) is 0 Å². The number of aryl methyl sites for hydroxylation is 2. The van der Waals surface area contributed by atoms with Crippen LogP contribution in [-0.2, 0) is 6.54 Å². The Labute approximate surface area is 162 Å². The second-order valence-corrected chi connectivity index (χ2v) is 6.21. The molecule has 0 saturated heterocycles. The number of nitrogen functional groups attached to an aromatic ring is 1. The van der Waals surface area contributed by atoms with E-state index < -0.39 is 12.8 Å². The van der Waals surface area contributed by atoms with Gasteiger partial charge in [-0.25, -0.2) is 0 Å². The van der Waals surface area contributed by atoms with Crippen LogP contribution in [0.2, 0.25) is 0 Å². The molecule has 2 aromatic rings. The van der Waals surface area contributed by atoms with E-state index in [1.807, 2.05) is 0 Å². The van der Waals surface area contributed by atoms with E-state index in [1.54, 1.807) is 57.3 Å². The van der Waals surface area contributed by atoms with Gasteiger partial charge in [0.05, 0.1) is 5.56 Å². The normalized spacial score (nSPS) is 10.9. The summed E-state index contributed by atoms with van der Waals surface area (Å²) in [5.74, 6) is -0.0110. The number of hydrogen-bond donors (Lipinski definition) is 1. The maximum Gasteiger partial charge on any atom is 0.422 e. The SMILES string of the molecule is Cc1cc(CN(C)C(=O)c2ccccc2N)cc(C)c1OCC(F)(F)F.Cl. The lowest BCUT2D eigenvalue weighted by Gasteiger charge is -2.20. The number of ether oxygens (including phenoxy) is 1. The fourth-order valence-electron chi connectivity index (χ4n) is 2.76. The Kier molecular flexibility index (Phi) is 7.54. The number of para-hydroxylation sites is 1. The van der Waals surface area contributed by atoms with Gasteiger partial charge in [0.1, 0.15) is 5.75 Å². The van der Waals surface area contributed by atoms with E-state index in [2.05, 4.69) is 0 Å². The van der Waals surface area contributed by atoms with E-state index in [0.717, 1.165) is 5.56 Å². The zero-order chi connectivity index (χ0) is 19.5. The quantitative estimate of drug-likeness (QED) is 0.748. The van der Waals surface area contributed by atoms with Crippen molar-refractivity contribution in [1.29, 1.82) is 0 Å². The summed E-state index contributed by atoms with van der Waals surface area (Å²) in [6, 6.07) is 10.2. The molecule has 0 saturated carbocycles. The number of benzene rings is 2. The molecule has 2 rings (SSSR count). The van der Waals surface area contributed by atoms with Gasteiger partial charge < -0.3 is 15.4 Å². The van der Waals surface area contributed by atoms with Crippen LogP contribution in [-0.4, -0.2) is 30.6 Å². The summed E-state index contributed by atoms with van der Waals surface area (Å²) in [6.07, 6.45) is -4.39. The molecule has 0 aliphatic carbocycles. The highest BCUT2D eigenvalue weighted by Crippen LogP contribution is 2.28. The van der Waals surface area contributed by atoms with E-state index in [-0.39, 0.29) is 24.1 Å². The summed E-state index contributed by atoms with van der Waals surface area (Å²) >= 11 is 0. The standard InChI is InChI=1S/C19H21F3N2O2.ClH/c1-12-8-14(9-13(2)17(12)26-11-19(20,21)22)10-24(3)18(25)15-6-4-5-7-16(15)23;/h4-9H,10-11,23H2,1-3H3;1H. The van der Waals surface area contributed by atoms with Gasteiger partial charge in [-0.2, -0.15) is 13.2 Å². The second-order valence-electron chi connectivity index (χ2n) is 6.21. The summed E-state index contributed by atoms with van der Waals surface area (Å²) in [6.45, 7) is 2.33. The monoisotopic (exact) mass is 402 g/mol. The molecule has 0 spiro atoms. The molecular weight excluding hydrogens is 381 g/mol. The zero-order valence-electron chi connectivity index (χ0n) is 15.3. The molecule has 0 aliphatic heterocycles. The van der Waals surface area contributed by atoms with Gasteiger partial charge in [-0.3, -0.25) is 4.79 Å². The number of anilines is 1. The van der Waals surface area contributed by atoms with Gasteiger partial charge in [0, 0.05) is 19.3 Å². The van der Waals surface area contributed by atoms with Crippen molar-refractivity contribution in [2.45, 2.75) is 26.6 Å². The van der Waals surface area contributed by atoms with E-state index in [0.29, 0.717) is 28.9 Å². The molecular formula is C19H22ClF3N2O2. The van der Waals surface area contributed by atoms with Crippen LogP contribution >= 0.6 is 12.4 Å². The van der Waals surface area contributed by atoms with Crippen molar-refractivity contribution in [3.8, 4) is 5.75 Å². The minimum absolute atomic E-state index is 0. The predicted molar refractivity (Wildman–Crippen MR) is 101 cm³/mol. The average molecular weight is 403 g/mol. The smallest absolute Gasteiger partial charge is 0.422 e. The molecule has 2 N–H and O–H groups in total. The van der Waals surface area contributed by atoms with Gasteiger partial charge in [0.15, 0.2) is 6.61 Å². The Balaban J connectivity index is 0.00000364. The van der Waals surface area contributed by atoms with Crippen LogP contribution < -0.4 is 10.5 Å². The number of hydrogen-bond acceptors (Lipinski definition) is 3. The molecule has 1 amide bonds. The summed E-state index contributed by atoms with van der Waals surface area (Å²) < 4.78 is 42.0. The maximum atomic E-state index is 12.5. The first kappa shape index (κ1) is 22.6. The highest BCUT2D eigenvalue weighted by Gasteiger charge is 2.29. The fraction of sp³-hybridized carbons (Fsp3) is 0.316. The highest BCUT2D eigenvalue weighted by atomic mass is 35.5. The Hall–Kier alpha value is -2.41. The number of carbonyl (C=O) groups is 1. The first-order chi connectivity index (χ1) is 12.1. The first-order valence-corrected chi connectivity index (χ1v) is 7.98. The minimum atomic E-state index is -4.39. The first-order valence-electron chi connectivity index (χ1n) is 7.98. The number of nitrogens with two attached hydrogens (primary N) is 1. The lowest BCUT2D eigenvalue weighted by molar-refractivity contribution is -0.153. The van der Waals surface area contributed by atoms with Gasteiger partial charge in [-0.1, -0.05) is 24.3 Å². The van der Waals surface area contributed by atoms with Crippen LogP contribution in [0, 0.1) is 13.8 Å². The van der Waals surface area contributed by atoms with Gasteiger partial charge in [-0.15, -0.1) is 12.4 Å². The Morgan fingerprint density at radius 1 is 1.15 bits per heavy atom. The Morgan fingerprint density at radius 3 is 2.22 bits per heavy atom. The van der Waals surface area contributed by atoms with Crippen molar-refractivity contribution >= 4 is 24.0 Å². The van der Waals surface area contributed by atoms with E-state index in [9.17, 15) is 18.0 Å². The lowest BCUT2D eigenvalue weighted by atomic mass is 10.0. The summed E-state index contributed by atoms with van der Waals surface area (Å²) in [5.41, 5.74) is 8.61. The van der Waals surface area contributed by atoms with Crippen LogP contribution in [0.1, 0.15) is 27.0 Å². The molecule has 8 heteroatoms. The van der Waals surface area contributed by atoms with Gasteiger partial charge in [0.2, 0.25) is 0 Å². The number of halogens is 4. The summed E-state index contributed by atoms with van der Waals surface area (Å²) in [4.78, 5) is 14.0. The van der Waals surface area contributed by atoms with Crippen LogP contribution in [0.15, 0.2) is 36.4 Å². The van der Waals surface area contributed by atoms with Crippen molar-refractivity contribution in [3.63, 3.8) is 0 Å². The Morgan fingerprint density at radius 2 is 1.70 bits per heavy atom. The third-order valence-electron chi connectivity index (χ3n) is 3.86. The van der Waals surface area contributed by atoms with E-state index in [1.165, 1.54) is 4.90 Å². The van der Waals surface area contributed by atoms with Gasteiger partial charge in [-0.05, 0) is 42.7 Å². The summed E-state index contributed by atoms with van der Waals surface area (Å²) in [5, 5.41) is 0. The number of alkyl halides is 3. The molecule has 4 nitrogen and oxygen atoms in total. The van der Waals surface area contributed by atoms with Crippen molar-refractivity contribution in [2.75, 3.05) is 19.4 Å². The number of carbonyl (C=O) groups excluding carboxylic acids is 1. The molecule has 0 radical (unpaired) electrons. The van der Waals surface area contributed by atoms with Gasteiger partial charge in [0.25, 0.3) is 5.91 Å². The highest BCUT2D eigenvalue weighted by molar-refractivity contribution is 5.98. The largest absolute Gasteiger partial charge is 0.484 e. The summed E-state index contributed by atoms with van der Waals surface area (Å²) in [7, 11) is 1.65. The third kappa shape index (κ3) is 6.06. The zero-order valence-corrected chi connectivity index (χ0v) is 16.1. The topological polar surface area (TPSA) is 55.6 Å². The van der Waals surface area contributed by atoms with E-state index >= 15 is 0 Å². The van der Waals surface area contributed by atoms with Crippen LogP contribution in [0.4, 0.5) is 18.9 Å². The molecule has 0 aromatic heterocycles. The number of rotatable bonds is 5. The Bertz CT molecular complexity index is 787. The molecule has 148 valence electrons. The fourth-order valence-corrected chi connectivity index (χ4v) is 2.76. The van der Waals surface area contributed by atoms with E-state index in [4.69, 9.17) is 10.5 Å². The van der Waals surface area contributed by atoms with Crippen LogP contribution in [0.25, 0.3) is 0 Å².